The molecule has 0 bridgehead atoms. The lowest BCUT2D eigenvalue weighted by molar-refractivity contribution is 0.0952. The Morgan fingerprint density at radius 2 is 1.96 bits per heavy atom. The predicted molar refractivity (Wildman–Crippen MR) is 105 cm³/mol. The van der Waals surface area contributed by atoms with Gasteiger partial charge in [0.2, 0.25) is 0 Å². The van der Waals surface area contributed by atoms with Gasteiger partial charge in [-0.3, -0.25) is 10.00 Å². The molecule has 28 heavy (non-hydrogen) atoms. The van der Waals surface area contributed by atoms with Crippen molar-refractivity contribution in [2.75, 3.05) is 6.54 Å². The fourth-order valence-electron chi connectivity index (χ4n) is 4.43. The van der Waals surface area contributed by atoms with Gasteiger partial charge in [-0.15, -0.1) is 0 Å². The van der Waals surface area contributed by atoms with Gasteiger partial charge in [-0.2, -0.15) is 5.10 Å². The molecule has 2 aromatic carbocycles. The van der Waals surface area contributed by atoms with Gasteiger partial charge in [0.1, 0.15) is 17.3 Å². The van der Waals surface area contributed by atoms with Crippen molar-refractivity contribution in [2.24, 2.45) is 0 Å². The molecule has 1 N–H and O–H groups in total. The molecule has 0 amide bonds. The molecule has 3 aromatic rings. The maximum Gasteiger partial charge on any atom is 0.132 e. The van der Waals surface area contributed by atoms with Gasteiger partial charge >= 0.3 is 0 Å². The molecule has 0 radical (unpaired) electrons. The van der Waals surface area contributed by atoms with E-state index in [-0.39, 0.29) is 18.2 Å². The van der Waals surface area contributed by atoms with E-state index in [0.29, 0.717) is 23.7 Å². The summed E-state index contributed by atoms with van der Waals surface area (Å²) >= 11 is 3.15. The first-order valence-electron chi connectivity index (χ1n) is 9.40. The monoisotopic (exact) mass is 449 g/mol. The fraction of sp³-hybridized carbons (Fsp3) is 0.381. The topological polar surface area (TPSA) is 31.9 Å². The molecule has 0 spiro atoms. The van der Waals surface area contributed by atoms with Crippen LogP contribution in [0.2, 0.25) is 0 Å². The average molecular weight is 450 g/mol. The molecule has 1 saturated carbocycles. The molecule has 0 saturated heterocycles. The Bertz CT molecular complexity index is 1050. The minimum absolute atomic E-state index is 0.0249. The number of nitrogens with one attached hydrogen (secondary N) is 1. The Balaban J connectivity index is 1.74. The van der Waals surface area contributed by atoms with Crippen LogP contribution in [0.5, 0.6) is 0 Å². The molecule has 2 aliphatic rings. The SMILES string of the molecule is C[C@@H]1Cc2c(ccc3[nH]ncc23)[C@@H](c2c(F)cc(Br)cc2F)N1CC1(F)CC1. The zero-order chi connectivity index (χ0) is 19.6. The highest BCUT2D eigenvalue weighted by atomic mass is 79.9. The minimum atomic E-state index is -1.26. The first kappa shape index (κ1) is 18.2. The van der Waals surface area contributed by atoms with E-state index >= 15 is 0 Å². The standard InChI is InChI=1S/C21H19BrF3N3/c1-11-6-14-13(2-3-18-15(14)9-26-27-18)20(28(11)10-21(25)4-5-21)19-16(23)7-12(22)8-17(19)24/h2-3,7-9,11,20H,4-6,10H2,1H3,(H,26,27)/t11-,20+/m1/s1. The number of aromatic nitrogens is 2. The number of nitrogens with zero attached hydrogens (tertiary/aromatic N) is 2. The number of aromatic amines is 1. The molecular weight excluding hydrogens is 431 g/mol. The maximum atomic E-state index is 15.0. The second-order valence-corrected chi connectivity index (χ2v) is 8.94. The van der Waals surface area contributed by atoms with Crippen molar-refractivity contribution in [3.63, 3.8) is 0 Å². The van der Waals surface area contributed by atoms with E-state index in [0.717, 1.165) is 22.0 Å². The number of halogens is 4. The van der Waals surface area contributed by atoms with Gasteiger partial charge in [-0.05, 0) is 55.5 Å². The largest absolute Gasteiger partial charge is 0.286 e. The molecule has 1 aromatic heterocycles. The minimum Gasteiger partial charge on any atom is -0.286 e. The molecule has 3 nitrogen and oxygen atoms in total. The van der Waals surface area contributed by atoms with E-state index in [9.17, 15) is 13.2 Å². The van der Waals surface area contributed by atoms with Crippen molar-refractivity contribution >= 4 is 26.8 Å². The molecule has 1 aliphatic heterocycles. The van der Waals surface area contributed by atoms with Crippen LogP contribution in [0.25, 0.3) is 10.9 Å². The molecular formula is C21H19BrF3N3. The summed E-state index contributed by atoms with van der Waals surface area (Å²) in [5.74, 6) is -1.25. The molecule has 7 heteroatoms. The number of hydrogen-bond acceptors (Lipinski definition) is 2. The van der Waals surface area contributed by atoms with Crippen LogP contribution in [0.1, 0.15) is 42.5 Å². The highest BCUT2D eigenvalue weighted by Gasteiger charge is 2.48. The lowest BCUT2D eigenvalue weighted by Crippen LogP contribution is -2.46. The number of fused-ring (bicyclic) bond motifs is 3. The van der Waals surface area contributed by atoms with Crippen LogP contribution in [0.4, 0.5) is 13.2 Å². The van der Waals surface area contributed by atoms with Crippen molar-refractivity contribution in [3.8, 4) is 0 Å². The van der Waals surface area contributed by atoms with Crippen LogP contribution < -0.4 is 0 Å². The van der Waals surface area contributed by atoms with Crippen LogP contribution in [0.3, 0.4) is 0 Å². The molecule has 0 unspecified atom stereocenters. The third kappa shape index (κ3) is 2.87. The van der Waals surface area contributed by atoms with Crippen molar-refractivity contribution in [3.05, 3.63) is 63.3 Å². The summed E-state index contributed by atoms with van der Waals surface area (Å²) < 4.78 is 45.1. The Morgan fingerprint density at radius 1 is 1.25 bits per heavy atom. The summed E-state index contributed by atoms with van der Waals surface area (Å²) in [7, 11) is 0. The van der Waals surface area contributed by atoms with E-state index in [1.165, 1.54) is 12.1 Å². The van der Waals surface area contributed by atoms with Crippen molar-refractivity contribution in [1.29, 1.82) is 0 Å². The summed E-state index contributed by atoms with van der Waals surface area (Å²) in [5, 5.41) is 8.02. The zero-order valence-electron chi connectivity index (χ0n) is 15.3. The number of rotatable bonds is 3. The highest BCUT2D eigenvalue weighted by Crippen LogP contribution is 2.47. The predicted octanol–water partition coefficient (Wildman–Crippen LogP) is 5.44. The third-order valence-electron chi connectivity index (χ3n) is 6.04. The lowest BCUT2D eigenvalue weighted by atomic mass is 9.83. The van der Waals surface area contributed by atoms with Crippen LogP contribution >= 0.6 is 15.9 Å². The molecule has 1 aliphatic carbocycles. The Labute approximate surface area is 169 Å². The quantitative estimate of drug-likeness (QED) is 0.576. The van der Waals surface area contributed by atoms with Crippen molar-refractivity contribution in [1.82, 2.24) is 15.1 Å². The number of hydrogen-bond donors (Lipinski definition) is 1. The van der Waals surface area contributed by atoms with Crippen LogP contribution in [0, 0.1) is 11.6 Å². The van der Waals surface area contributed by atoms with Crippen LogP contribution in [0.15, 0.2) is 34.9 Å². The van der Waals surface area contributed by atoms with E-state index in [2.05, 4.69) is 26.1 Å². The number of alkyl halides is 1. The van der Waals surface area contributed by atoms with Crippen molar-refractivity contribution < 1.29 is 13.2 Å². The van der Waals surface area contributed by atoms with Gasteiger partial charge < -0.3 is 0 Å². The summed E-state index contributed by atoms with van der Waals surface area (Å²) in [5.41, 5.74) is 1.44. The Morgan fingerprint density at radius 3 is 2.64 bits per heavy atom. The van der Waals surface area contributed by atoms with Gasteiger partial charge in [-0.1, -0.05) is 22.0 Å². The van der Waals surface area contributed by atoms with Gasteiger partial charge in [0.15, 0.2) is 0 Å². The van der Waals surface area contributed by atoms with Crippen LogP contribution in [-0.2, 0) is 6.42 Å². The van der Waals surface area contributed by atoms with Gasteiger partial charge in [-0.25, -0.2) is 13.2 Å². The van der Waals surface area contributed by atoms with Crippen molar-refractivity contribution in [2.45, 2.75) is 43.9 Å². The van der Waals surface area contributed by atoms with Crippen LogP contribution in [-0.4, -0.2) is 33.4 Å². The van der Waals surface area contributed by atoms with Gasteiger partial charge in [0.25, 0.3) is 0 Å². The highest BCUT2D eigenvalue weighted by molar-refractivity contribution is 9.10. The summed E-state index contributed by atoms with van der Waals surface area (Å²) in [6.45, 7) is 2.17. The first-order chi connectivity index (χ1) is 13.4. The zero-order valence-corrected chi connectivity index (χ0v) is 16.9. The molecule has 2 heterocycles. The molecule has 146 valence electrons. The van der Waals surface area contributed by atoms with E-state index in [4.69, 9.17) is 0 Å². The molecule has 2 atom stereocenters. The maximum absolute atomic E-state index is 15.0. The Hall–Kier alpha value is -1.86. The Kier molecular flexibility index (Phi) is 4.11. The molecule has 5 rings (SSSR count). The van der Waals surface area contributed by atoms with E-state index in [1.54, 1.807) is 6.20 Å². The average Bonchev–Trinajstić information content (AvgIpc) is 3.15. The summed E-state index contributed by atoms with van der Waals surface area (Å²) in [6, 6.07) is 5.56. The lowest BCUT2D eigenvalue weighted by Gasteiger charge is -2.43. The summed E-state index contributed by atoms with van der Waals surface area (Å²) in [4.78, 5) is 1.93. The van der Waals surface area contributed by atoms with Gasteiger partial charge in [0.05, 0.1) is 17.8 Å². The normalized spacial score (nSPS) is 23.8. The number of benzene rings is 2. The van der Waals surface area contributed by atoms with E-state index < -0.39 is 23.3 Å². The van der Waals surface area contributed by atoms with E-state index in [1.807, 2.05) is 24.0 Å². The fourth-order valence-corrected chi connectivity index (χ4v) is 4.83. The number of H-pyrrole nitrogens is 1. The second-order valence-electron chi connectivity index (χ2n) is 8.03. The third-order valence-corrected chi connectivity index (χ3v) is 6.50. The smallest absolute Gasteiger partial charge is 0.132 e. The second kappa shape index (κ2) is 6.32. The first-order valence-corrected chi connectivity index (χ1v) is 10.2. The summed E-state index contributed by atoms with van der Waals surface area (Å²) in [6.07, 6.45) is 3.43. The van der Waals surface area contributed by atoms with Gasteiger partial charge in [0, 0.05) is 28.0 Å². The molecule has 1 fully saturated rings.